The molecular formula is C13H13BrN2O. The first-order valence-electron chi connectivity index (χ1n) is 5.34. The number of nitrogens with zero attached hydrogens (tertiary/aromatic N) is 2. The Labute approximate surface area is 109 Å². The van der Waals surface area contributed by atoms with Crippen LogP contribution >= 0.6 is 15.9 Å². The van der Waals surface area contributed by atoms with Gasteiger partial charge in [0.25, 0.3) is 0 Å². The largest absolute Gasteiger partial charge is 0.496 e. The lowest BCUT2D eigenvalue weighted by atomic mass is 10.1. The van der Waals surface area contributed by atoms with E-state index in [-0.39, 0.29) is 4.83 Å². The van der Waals surface area contributed by atoms with Gasteiger partial charge in [0.05, 0.1) is 11.9 Å². The van der Waals surface area contributed by atoms with Crippen molar-refractivity contribution in [1.82, 2.24) is 9.97 Å². The van der Waals surface area contributed by atoms with Gasteiger partial charge >= 0.3 is 0 Å². The summed E-state index contributed by atoms with van der Waals surface area (Å²) in [4.78, 5) is 8.56. The first-order valence-corrected chi connectivity index (χ1v) is 6.25. The fraction of sp³-hybridized carbons (Fsp3) is 0.231. The van der Waals surface area contributed by atoms with Gasteiger partial charge in [0.2, 0.25) is 0 Å². The zero-order valence-corrected chi connectivity index (χ0v) is 11.1. The van der Waals surface area contributed by atoms with Crippen molar-refractivity contribution >= 4 is 15.9 Å². The number of rotatable bonds is 4. The molecule has 1 unspecified atom stereocenters. The third-order valence-electron chi connectivity index (χ3n) is 2.46. The van der Waals surface area contributed by atoms with Crippen LogP contribution in [0.15, 0.2) is 42.7 Å². The van der Waals surface area contributed by atoms with Crippen LogP contribution < -0.4 is 4.74 Å². The van der Waals surface area contributed by atoms with Crippen LogP contribution in [0.2, 0.25) is 0 Å². The van der Waals surface area contributed by atoms with Crippen molar-refractivity contribution in [2.24, 2.45) is 0 Å². The number of methoxy groups -OCH3 is 1. The van der Waals surface area contributed by atoms with Crippen molar-refractivity contribution < 1.29 is 4.74 Å². The predicted molar refractivity (Wildman–Crippen MR) is 70.4 cm³/mol. The summed E-state index contributed by atoms with van der Waals surface area (Å²) in [7, 11) is 1.68. The quantitative estimate of drug-likeness (QED) is 0.812. The molecule has 0 aliphatic heterocycles. The minimum absolute atomic E-state index is 0.0972. The summed E-state index contributed by atoms with van der Waals surface area (Å²) in [6.07, 6.45) is 4.30. The number of para-hydroxylation sites is 1. The van der Waals surface area contributed by atoms with E-state index in [0.717, 1.165) is 23.6 Å². The average molecular weight is 293 g/mol. The Hall–Kier alpha value is -1.42. The van der Waals surface area contributed by atoms with Crippen LogP contribution in [0.25, 0.3) is 0 Å². The number of ether oxygens (including phenoxy) is 1. The van der Waals surface area contributed by atoms with E-state index in [2.05, 4.69) is 32.0 Å². The summed E-state index contributed by atoms with van der Waals surface area (Å²) in [6, 6.07) is 9.79. The molecular weight excluding hydrogens is 280 g/mol. The lowest BCUT2D eigenvalue weighted by molar-refractivity contribution is 0.409. The minimum atomic E-state index is 0.0972. The van der Waals surface area contributed by atoms with Crippen molar-refractivity contribution in [3.63, 3.8) is 0 Å². The molecule has 4 heteroatoms. The Kier molecular flexibility index (Phi) is 4.09. The number of aromatic nitrogens is 2. The maximum atomic E-state index is 5.32. The third-order valence-corrected chi connectivity index (χ3v) is 3.19. The van der Waals surface area contributed by atoms with Gasteiger partial charge in [-0.3, -0.25) is 0 Å². The van der Waals surface area contributed by atoms with E-state index < -0.39 is 0 Å². The second-order valence-electron chi connectivity index (χ2n) is 3.59. The SMILES string of the molecule is COc1ccccc1CC(Br)c1ncccn1. The van der Waals surface area contributed by atoms with Gasteiger partial charge in [0.1, 0.15) is 11.6 Å². The fourth-order valence-electron chi connectivity index (χ4n) is 1.63. The van der Waals surface area contributed by atoms with Gasteiger partial charge < -0.3 is 4.74 Å². The van der Waals surface area contributed by atoms with Gasteiger partial charge in [-0.15, -0.1) is 0 Å². The molecule has 0 N–H and O–H groups in total. The molecule has 0 amide bonds. The Morgan fingerprint density at radius 3 is 2.59 bits per heavy atom. The standard InChI is InChI=1S/C13H13BrN2O/c1-17-12-6-3-2-5-10(12)9-11(14)13-15-7-4-8-16-13/h2-8,11H,9H2,1H3. The molecule has 0 saturated heterocycles. The topological polar surface area (TPSA) is 35.0 Å². The molecule has 0 saturated carbocycles. The average Bonchev–Trinajstić information content (AvgIpc) is 2.40. The predicted octanol–water partition coefficient (Wildman–Crippen LogP) is 3.16. The highest BCUT2D eigenvalue weighted by atomic mass is 79.9. The number of hydrogen-bond acceptors (Lipinski definition) is 3. The van der Waals surface area contributed by atoms with Gasteiger partial charge in [-0.25, -0.2) is 9.97 Å². The van der Waals surface area contributed by atoms with Crippen LogP contribution in [-0.2, 0) is 6.42 Å². The molecule has 0 radical (unpaired) electrons. The van der Waals surface area contributed by atoms with E-state index in [9.17, 15) is 0 Å². The van der Waals surface area contributed by atoms with Crippen LogP contribution in [0.1, 0.15) is 16.2 Å². The molecule has 1 atom stereocenters. The van der Waals surface area contributed by atoms with E-state index in [4.69, 9.17) is 4.74 Å². The summed E-state index contributed by atoms with van der Waals surface area (Å²) in [5, 5.41) is 0. The lowest BCUT2D eigenvalue weighted by Crippen LogP contribution is -2.02. The van der Waals surface area contributed by atoms with Crippen LogP contribution in [0.4, 0.5) is 0 Å². The van der Waals surface area contributed by atoms with Crippen LogP contribution in [0, 0.1) is 0 Å². The second kappa shape index (κ2) is 5.77. The van der Waals surface area contributed by atoms with E-state index in [0.29, 0.717) is 0 Å². The number of halogens is 1. The van der Waals surface area contributed by atoms with Gasteiger partial charge in [0, 0.05) is 12.4 Å². The van der Waals surface area contributed by atoms with Crippen molar-refractivity contribution in [2.45, 2.75) is 11.2 Å². The van der Waals surface area contributed by atoms with Gasteiger partial charge in [0.15, 0.2) is 0 Å². The van der Waals surface area contributed by atoms with Crippen molar-refractivity contribution in [2.75, 3.05) is 7.11 Å². The summed E-state index contributed by atoms with van der Waals surface area (Å²) < 4.78 is 5.32. The Bertz CT molecular complexity index is 476. The molecule has 1 heterocycles. The highest BCUT2D eigenvalue weighted by Gasteiger charge is 2.13. The van der Waals surface area contributed by atoms with Crippen LogP contribution in [0.3, 0.4) is 0 Å². The summed E-state index contributed by atoms with van der Waals surface area (Å²) >= 11 is 3.61. The third kappa shape index (κ3) is 3.03. The highest BCUT2D eigenvalue weighted by Crippen LogP contribution is 2.28. The number of benzene rings is 1. The van der Waals surface area contributed by atoms with Gasteiger partial charge in [-0.1, -0.05) is 34.1 Å². The normalized spacial score (nSPS) is 12.1. The Morgan fingerprint density at radius 2 is 1.88 bits per heavy atom. The molecule has 3 nitrogen and oxygen atoms in total. The molecule has 1 aromatic heterocycles. The summed E-state index contributed by atoms with van der Waals surface area (Å²) in [6.45, 7) is 0. The second-order valence-corrected chi connectivity index (χ2v) is 4.70. The minimum Gasteiger partial charge on any atom is -0.496 e. The molecule has 17 heavy (non-hydrogen) atoms. The zero-order valence-electron chi connectivity index (χ0n) is 9.51. The van der Waals surface area contributed by atoms with E-state index in [1.807, 2.05) is 24.3 Å². The van der Waals surface area contributed by atoms with E-state index in [1.54, 1.807) is 19.5 Å². The Balaban J connectivity index is 2.16. The molecule has 0 fully saturated rings. The summed E-state index contributed by atoms with van der Waals surface area (Å²) in [5.74, 6) is 1.69. The smallest absolute Gasteiger partial charge is 0.142 e. The molecule has 2 aromatic rings. The zero-order chi connectivity index (χ0) is 12.1. The first kappa shape index (κ1) is 12.0. The fourth-order valence-corrected chi connectivity index (χ4v) is 2.21. The Morgan fingerprint density at radius 1 is 1.18 bits per heavy atom. The molecule has 0 aliphatic rings. The highest BCUT2D eigenvalue weighted by molar-refractivity contribution is 9.09. The first-order chi connectivity index (χ1) is 8.31. The molecule has 2 rings (SSSR count). The molecule has 1 aromatic carbocycles. The van der Waals surface area contributed by atoms with E-state index >= 15 is 0 Å². The van der Waals surface area contributed by atoms with Gasteiger partial charge in [-0.2, -0.15) is 0 Å². The van der Waals surface area contributed by atoms with E-state index in [1.165, 1.54) is 0 Å². The maximum absolute atomic E-state index is 5.32. The lowest BCUT2D eigenvalue weighted by Gasteiger charge is -2.11. The van der Waals surface area contributed by atoms with Crippen molar-refractivity contribution in [3.05, 3.63) is 54.1 Å². The van der Waals surface area contributed by atoms with Crippen LogP contribution in [-0.4, -0.2) is 17.1 Å². The molecule has 88 valence electrons. The van der Waals surface area contributed by atoms with Gasteiger partial charge in [-0.05, 0) is 24.1 Å². The van der Waals surface area contributed by atoms with Crippen LogP contribution in [0.5, 0.6) is 5.75 Å². The number of alkyl halides is 1. The monoisotopic (exact) mass is 292 g/mol. The van der Waals surface area contributed by atoms with Crippen molar-refractivity contribution in [1.29, 1.82) is 0 Å². The molecule has 0 bridgehead atoms. The molecule has 0 spiro atoms. The maximum Gasteiger partial charge on any atom is 0.142 e. The van der Waals surface area contributed by atoms with Crippen molar-refractivity contribution in [3.8, 4) is 5.75 Å². The number of hydrogen-bond donors (Lipinski definition) is 0. The molecule has 0 aliphatic carbocycles. The summed E-state index contributed by atoms with van der Waals surface area (Å²) in [5.41, 5.74) is 1.14.